The van der Waals surface area contributed by atoms with Crippen LogP contribution in [-0.2, 0) is 27.2 Å². The molecule has 0 aliphatic carbocycles. The van der Waals surface area contributed by atoms with E-state index in [1.807, 2.05) is 0 Å². The van der Waals surface area contributed by atoms with Crippen LogP contribution in [0.15, 0.2) is 0 Å². The van der Waals surface area contributed by atoms with Crippen molar-refractivity contribution in [3.63, 3.8) is 0 Å². The van der Waals surface area contributed by atoms with Crippen LogP contribution in [0.25, 0.3) is 0 Å². The highest BCUT2D eigenvalue weighted by Gasteiger charge is 2.26. The van der Waals surface area contributed by atoms with E-state index < -0.39 is 16.5 Å². The van der Waals surface area contributed by atoms with Crippen molar-refractivity contribution < 1.29 is 27.2 Å². The fourth-order valence-electron chi connectivity index (χ4n) is 0.365. The van der Waals surface area contributed by atoms with Gasteiger partial charge in [-0.3, -0.25) is 0 Å². The molecule has 0 amide bonds. The minimum atomic E-state index is -2.21. The van der Waals surface area contributed by atoms with Crippen LogP contribution in [0.4, 0.5) is 0 Å². The summed E-state index contributed by atoms with van der Waals surface area (Å²) in [5.74, 6) is 0. The van der Waals surface area contributed by atoms with Crippen LogP contribution in [0.2, 0.25) is 0 Å². The zero-order valence-electron chi connectivity index (χ0n) is 7.63. The van der Waals surface area contributed by atoms with Crippen LogP contribution in [0.1, 0.15) is 13.8 Å². The van der Waals surface area contributed by atoms with E-state index in [9.17, 15) is 9.13 Å². The minimum absolute atomic E-state index is 0.195. The van der Waals surface area contributed by atoms with Gasteiger partial charge in [0.05, 0.1) is 7.11 Å². The Morgan fingerprint density at radius 2 is 1.69 bits per heavy atom. The molecule has 2 atom stereocenters. The molecule has 0 aromatic rings. The first-order valence-corrected chi connectivity index (χ1v) is 5.66. The lowest BCUT2D eigenvalue weighted by molar-refractivity contribution is 0.0892. The summed E-state index contributed by atoms with van der Waals surface area (Å²) in [6.45, 7) is 3.05. The van der Waals surface area contributed by atoms with Crippen molar-refractivity contribution >= 4 is 16.5 Å². The zero-order valence-corrected chi connectivity index (χ0v) is 9.42. The van der Waals surface area contributed by atoms with Crippen molar-refractivity contribution in [1.82, 2.24) is 0 Å². The lowest BCUT2D eigenvalue weighted by atomic mass is 10.5. The second-order valence-electron chi connectivity index (χ2n) is 2.16. The van der Waals surface area contributed by atoms with Crippen molar-refractivity contribution in [3.8, 4) is 0 Å². The fourth-order valence-corrected chi connectivity index (χ4v) is 1.24. The molecule has 0 bridgehead atoms. The summed E-state index contributed by atoms with van der Waals surface area (Å²) in [6.07, 6.45) is -0.195. The monoisotopic (exact) mass is 230 g/mol. The average molecular weight is 230 g/mol. The first-order chi connectivity index (χ1) is 6.06. The van der Waals surface area contributed by atoms with Crippen LogP contribution in [0.5, 0.6) is 0 Å². The first kappa shape index (κ1) is 13.0. The van der Waals surface area contributed by atoms with Gasteiger partial charge in [-0.15, -0.1) is 9.05 Å². The van der Waals surface area contributed by atoms with Crippen molar-refractivity contribution in [3.05, 3.63) is 0 Å². The molecule has 0 aromatic heterocycles. The highest BCUT2D eigenvalue weighted by Crippen LogP contribution is 2.28. The molecule has 0 fully saturated rings. The van der Waals surface area contributed by atoms with Crippen molar-refractivity contribution in [2.75, 3.05) is 13.9 Å². The quantitative estimate of drug-likeness (QED) is 0.493. The third-order valence-electron chi connectivity index (χ3n) is 0.762. The van der Waals surface area contributed by atoms with E-state index in [-0.39, 0.29) is 12.9 Å². The Kier molecular flexibility index (Phi) is 7.47. The highest BCUT2D eigenvalue weighted by atomic mass is 31.1. The fraction of sp³-hybridized carbons (Fsp3) is 1.00. The number of hydrogen-bond acceptors (Lipinski definition) is 6. The molecule has 6 nitrogen and oxygen atoms in total. The summed E-state index contributed by atoms with van der Waals surface area (Å²) in [5.41, 5.74) is 0. The van der Waals surface area contributed by atoms with Gasteiger partial charge in [0.15, 0.2) is 0 Å². The Bertz CT molecular complexity index is 182. The SMILES string of the molecule is CO[P+](=O)OCO[P+](=O)OC(C)C. The van der Waals surface area contributed by atoms with Crippen molar-refractivity contribution in [2.45, 2.75) is 20.0 Å². The van der Waals surface area contributed by atoms with Crippen molar-refractivity contribution in [1.29, 1.82) is 0 Å². The van der Waals surface area contributed by atoms with Gasteiger partial charge in [-0.1, -0.05) is 9.05 Å². The topological polar surface area (TPSA) is 71.1 Å². The van der Waals surface area contributed by atoms with E-state index >= 15 is 0 Å². The Hall–Kier alpha value is 0.0400. The van der Waals surface area contributed by atoms with Crippen molar-refractivity contribution in [2.24, 2.45) is 0 Å². The summed E-state index contributed by atoms with van der Waals surface area (Å²) < 4.78 is 39.3. The molecule has 0 saturated heterocycles. The number of hydrogen-bond donors (Lipinski definition) is 0. The zero-order chi connectivity index (χ0) is 10.3. The molecule has 0 aliphatic heterocycles. The second kappa shape index (κ2) is 7.44. The third-order valence-corrected chi connectivity index (χ3v) is 2.29. The van der Waals surface area contributed by atoms with E-state index in [1.165, 1.54) is 7.11 Å². The molecule has 13 heavy (non-hydrogen) atoms. The molecule has 0 heterocycles. The van der Waals surface area contributed by atoms with E-state index in [2.05, 4.69) is 13.6 Å². The van der Waals surface area contributed by atoms with Crippen LogP contribution in [-0.4, -0.2) is 20.0 Å². The van der Waals surface area contributed by atoms with Gasteiger partial charge in [0.1, 0.15) is 6.10 Å². The largest absolute Gasteiger partial charge is 0.700 e. The molecule has 0 N–H and O–H groups in total. The first-order valence-electron chi connectivity index (χ1n) is 3.47. The van der Waals surface area contributed by atoms with Gasteiger partial charge in [0.2, 0.25) is 0 Å². The molecule has 0 saturated carbocycles. The predicted octanol–water partition coefficient (Wildman–Crippen LogP) is 2.36. The number of rotatable bonds is 7. The van der Waals surface area contributed by atoms with Gasteiger partial charge < -0.3 is 0 Å². The van der Waals surface area contributed by atoms with Gasteiger partial charge in [0, 0.05) is 9.13 Å². The summed E-state index contributed by atoms with van der Waals surface area (Å²) in [4.78, 5) is 0. The second-order valence-corrected chi connectivity index (χ2v) is 4.15. The Labute approximate surface area is 78.4 Å². The maximum atomic E-state index is 10.8. The van der Waals surface area contributed by atoms with Gasteiger partial charge >= 0.3 is 16.5 Å². The van der Waals surface area contributed by atoms with Gasteiger partial charge in [-0.05, 0) is 13.8 Å². The summed E-state index contributed by atoms with van der Waals surface area (Å²) >= 11 is 0. The standard InChI is InChI=1S/C5H12O6P2/c1-5(2)11-13(7)10-4-9-12(6)8-3/h5H,4H2,1-3H3/q+2. The average Bonchev–Trinajstić information content (AvgIpc) is 2.02. The maximum absolute atomic E-state index is 10.8. The molecule has 2 unspecified atom stereocenters. The highest BCUT2D eigenvalue weighted by molar-refractivity contribution is 7.34. The molecular formula is C5H12O6P2+2. The maximum Gasteiger partial charge on any atom is 0.700 e. The summed E-state index contributed by atoms with van der Waals surface area (Å²) in [7, 11) is -3.18. The molecule has 0 radical (unpaired) electrons. The third kappa shape index (κ3) is 8.37. The van der Waals surface area contributed by atoms with E-state index in [4.69, 9.17) is 4.52 Å². The molecular weight excluding hydrogens is 218 g/mol. The van der Waals surface area contributed by atoms with Gasteiger partial charge in [-0.2, -0.15) is 0 Å². The van der Waals surface area contributed by atoms with Gasteiger partial charge in [0.25, 0.3) is 6.79 Å². The summed E-state index contributed by atoms with van der Waals surface area (Å²) in [5, 5.41) is 0. The lowest BCUT2D eigenvalue weighted by Gasteiger charge is -1.90. The smallest absolute Gasteiger partial charge is 0.122 e. The molecule has 76 valence electrons. The Balaban J connectivity index is 3.42. The van der Waals surface area contributed by atoms with Crippen LogP contribution < -0.4 is 0 Å². The van der Waals surface area contributed by atoms with E-state index in [0.29, 0.717) is 0 Å². The normalized spacial score (nSPS) is 13.2. The van der Waals surface area contributed by atoms with Gasteiger partial charge in [-0.25, -0.2) is 0 Å². The molecule has 0 spiro atoms. The lowest BCUT2D eigenvalue weighted by Crippen LogP contribution is -1.97. The van der Waals surface area contributed by atoms with Crippen LogP contribution in [0, 0.1) is 0 Å². The molecule has 8 heteroatoms. The Morgan fingerprint density at radius 1 is 1.15 bits per heavy atom. The molecule has 0 rings (SSSR count). The van der Waals surface area contributed by atoms with E-state index in [1.54, 1.807) is 13.8 Å². The molecule has 0 aliphatic rings. The minimum Gasteiger partial charge on any atom is -0.122 e. The van der Waals surface area contributed by atoms with E-state index in [0.717, 1.165) is 0 Å². The Morgan fingerprint density at radius 3 is 2.15 bits per heavy atom. The van der Waals surface area contributed by atoms with Crippen LogP contribution in [0.3, 0.4) is 0 Å². The summed E-state index contributed by atoms with van der Waals surface area (Å²) in [6, 6.07) is 0. The van der Waals surface area contributed by atoms with Crippen LogP contribution >= 0.6 is 16.5 Å². The molecule has 0 aromatic carbocycles. The predicted molar refractivity (Wildman–Crippen MR) is 45.5 cm³/mol.